The lowest BCUT2D eigenvalue weighted by Crippen LogP contribution is -2.17. The van der Waals surface area contributed by atoms with Gasteiger partial charge in [-0.3, -0.25) is 0 Å². The largest absolute Gasteiger partial charge is 0.490 e. The summed E-state index contributed by atoms with van der Waals surface area (Å²) in [5.74, 6) is 2.11. The highest BCUT2D eigenvalue weighted by atomic mass is 35.5. The van der Waals surface area contributed by atoms with Crippen molar-refractivity contribution in [3.8, 4) is 17.4 Å². The van der Waals surface area contributed by atoms with Crippen LogP contribution in [-0.4, -0.2) is 24.7 Å². The van der Waals surface area contributed by atoms with Crippen molar-refractivity contribution in [2.45, 2.75) is 26.5 Å². The Hall–Kier alpha value is -2.76. The van der Waals surface area contributed by atoms with Crippen molar-refractivity contribution in [3.05, 3.63) is 83.0 Å². The predicted octanol–water partition coefficient (Wildman–Crippen LogP) is 5.27. The third-order valence-electron chi connectivity index (χ3n) is 4.36. The van der Waals surface area contributed by atoms with E-state index in [1.54, 1.807) is 6.20 Å². The van der Waals surface area contributed by atoms with Crippen molar-refractivity contribution in [2.24, 2.45) is 0 Å². The van der Waals surface area contributed by atoms with Gasteiger partial charge in [0, 0.05) is 29.4 Å². The molecule has 2 aromatic carbocycles. The molecule has 0 amide bonds. The predicted molar refractivity (Wildman–Crippen MR) is 119 cm³/mol. The second-order valence-electron chi connectivity index (χ2n) is 6.64. The molecule has 3 rings (SSSR count). The molecule has 0 spiro atoms. The van der Waals surface area contributed by atoms with E-state index in [1.165, 1.54) is 0 Å². The first kappa shape index (κ1) is 21.9. The lowest BCUT2D eigenvalue weighted by Gasteiger charge is -2.14. The van der Waals surface area contributed by atoms with Gasteiger partial charge in [-0.1, -0.05) is 41.9 Å². The van der Waals surface area contributed by atoms with Gasteiger partial charge in [-0.05, 0) is 49.7 Å². The third-order valence-corrected chi connectivity index (χ3v) is 4.73. The Morgan fingerprint density at radius 2 is 1.80 bits per heavy atom. The van der Waals surface area contributed by atoms with Crippen LogP contribution in [0, 0.1) is 0 Å². The molecule has 1 heterocycles. The maximum atomic E-state index is 6.21. The second-order valence-corrected chi connectivity index (χ2v) is 7.05. The summed E-state index contributed by atoms with van der Waals surface area (Å²) in [5.41, 5.74) is 2.08. The van der Waals surface area contributed by atoms with Crippen LogP contribution in [0.1, 0.15) is 24.5 Å². The average Bonchev–Trinajstić information content (AvgIpc) is 2.77. The summed E-state index contributed by atoms with van der Waals surface area (Å²) in [5, 5.41) is 4.13. The Kier molecular flexibility index (Phi) is 8.81. The molecule has 0 atom stereocenters. The molecule has 0 saturated carbocycles. The van der Waals surface area contributed by atoms with Crippen LogP contribution in [0.2, 0.25) is 5.02 Å². The number of benzene rings is 2. The minimum Gasteiger partial charge on any atom is -0.490 e. The molecule has 0 unspecified atom stereocenters. The Balaban J connectivity index is 1.46. The number of nitrogens with one attached hydrogen (secondary N) is 1. The molecule has 0 radical (unpaired) electrons. The van der Waals surface area contributed by atoms with Gasteiger partial charge < -0.3 is 19.5 Å². The summed E-state index contributed by atoms with van der Waals surface area (Å²) in [6.07, 6.45) is 2.62. The Labute approximate surface area is 183 Å². The minimum absolute atomic E-state index is 0.396. The normalized spacial score (nSPS) is 10.6. The van der Waals surface area contributed by atoms with Crippen LogP contribution in [0.3, 0.4) is 0 Å². The molecule has 0 aliphatic heterocycles. The van der Waals surface area contributed by atoms with Crippen LogP contribution in [-0.2, 0) is 13.2 Å². The maximum absolute atomic E-state index is 6.21. The molecule has 0 saturated heterocycles. The van der Waals surface area contributed by atoms with Crippen molar-refractivity contribution in [2.75, 3.05) is 19.8 Å². The number of hydrogen-bond acceptors (Lipinski definition) is 5. The van der Waals surface area contributed by atoms with E-state index in [1.807, 2.05) is 67.6 Å². The number of halogens is 1. The Morgan fingerprint density at radius 3 is 2.60 bits per heavy atom. The first-order chi connectivity index (χ1) is 14.8. The molecular formula is C24H27ClN2O3. The lowest BCUT2D eigenvalue weighted by atomic mass is 10.2. The van der Waals surface area contributed by atoms with Gasteiger partial charge in [0.1, 0.15) is 6.61 Å². The van der Waals surface area contributed by atoms with E-state index in [9.17, 15) is 0 Å². The molecule has 3 aromatic rings. The molecule has 30 heavy (non-hydrogen) atoms. The number of rotatable bonds is 12. The third kappa shape index (κ3) is 6.94. The number of pyridine rings is 1. The zero-order valence-electron chi connectivity index (χ0n) is 17.1. The topological polar surface area (TPSA) is 52.6 Å². The van der Waals surface area contributed by atoms with E-state index in [4.69, 9.17) is 25.8 Å². The first-order valence-electron chi connectivity index (χ1n) is 10.1. The zero-order chi connectivity index (χ0) is 21.0. The molecule has 6 heteroatoms. The van der Waals surface area contributed by atoms with Crippen LogP contribution in [0.4, 0.5) is 0 Å². The van der Waals surface area contributed by atoms with Crippen LogP contribution >= 0.6 is 11.6 Å². The van der Waals surface area contributed by atoms with Crippen molar-refractivity contribution < 1.29 is 14.2 Å². The number of ether oxygens (including phenoxy) is 3. The van der Waals surface area contributed by atoms with Gasteiger partial charge in [0.25, 0.3) is 0 Å². The molecule has 0 aliphatic carbocycles. The van der Waals surface area contributed by atoms with Crippen molar-refractivity contribution in [1.82, 2.24) is 10.3 Å². The smallest absolute Gasteiger partial charge is 0.213 e. The first-order valence-corrected chi connectivity index (χ1v) is 10.5. The summed E-state index contributed by atoms with van der Waals surface area (Å²) in [6, 6.07) is 19.3. The van der Waals surface area contributed by atoms with Gasteiger partial charge in [0.15, 0.2) is 11.5 Å². The molecule has 0 fully saturated rings. The quantitative estimate of drug-likeness (QED) is 0.400. The monoisotopic (exact) mass is 426 g/mol. The minimum atomic E-state index is 0.396. The van der Waals surface area contributed by atoms with Gasteiger partial charge in [-0.25, -0.2) is 4.98 Å². The molecule has 1 N–H and O–H groups in total. The summed E-state index contributed by atoms with van der Waals surface area (Å²) in [7, 11) is 0. The molecule has 1 aromatic heterocycles. The number of nitrogens with zero attached hydrogens (tertiary/aromatic N) is 1. The fraction of sp³-hybridized carbons (Fsp3) is 0.292. The maximum Gasteiger partial charge on any atom is 0.213 e. The van der Waals surface area contributed by atoms with Gasteiger partial charge >= 0.3 is 0 Å². The van der Waals surface area contributed by atoms with E-state index in [-0.39, 0.29) is 0 Å². The van der Waals surface area contributed by atoms with Crippen LogP contribution in [0.15, 0.2) is 66.9 Å². The summed E-state index contributed by atoms with van der Waals surface area (Å²) in [4.78, 5) is 4.14. The second kappa shape index (κ2) is 12.1. The van der Waals surface area contributed by atoms with Crippen LogP contribution < -0.4 is 19.5 Å². The fourth-order valence-electron chi connectivity index (χ4n) is 2.86. The van der Waals surface area contributed by atoms with Crippen LogP contribution in [0.5, 0.6) is 17.4 Å². The summed E-state index contributed by atoms with van der Waals surface area (Å²) < 4.78 is 17.3. The molecule has 0 aliphatic rings. The molecule has 0 bridgehead atoms. The van der Waals surface area contributed by atoms with E-state index in [0.717, 1.165) is 36.4 Å². The van der Waals surface area contributed by atoms with E-state index >= 15 is 0 Å². The van der Waals surface area contributed by atoms with Crippen LogP contribution in [0.25, 0.3) is 0 Å². The van der Waals surface area contributed by atoms with Crippen molar-refractivity contribution in [1.29, 1.82) is 0 Å². The van der Waals surface area contributed by atoms with Crippen molar-refractivity contribution >= 4 is 11.6 Å². The average molecular weight is 427 g/mol. The number of aromatic nitrogens is 1. The summed E-state index contributed by atoms with van der Waals surface area (Å²) >= 11 is 6.21. The van der Waals surface area contributed by atoms with E-state index in [2.05, 4.69) is 10.3 Å². The van der Waals surface area contributed by atoms with Gasteiger partial charge in [-0.2, -0.15) is 0 Å². The van der Waals surface area contributed by atoms with Gasteiger partial charge in [0.05, 0.1) is 13.2 Å². The van der Waals surface area contributed by atoms with E-state index in [0.29, 0.717) is 36.5 Å². The number of hydrogen-bond donors (Lipinski definition) is 1. The SMILES string of the molecule is CCOc1cc(CNCCCOc2ccccn2)ccc1OCc1ccccc1Cl. The molecular weight excluding hydrogens is 400 g/mol. The molecule has 5 nitrogen and oxygen atoms in total. The highest BCUT2D eigenvalue weighted by molar-refractivity contribution is 6.31. The van der Waals surface area contributed by atoms with Gasteiger partial charge in [-0.15, -0.1) is 0 Å². The highest BCUT2D eigenvalue weighted by Gasteiger charge is 2.08. The standard InChI is InChI=1S/C24H27ClN2O3/c1-2-28-23-16-19(17-26-13-7-15-29-24-10-5-6-14-27-24)11-12-22(23)30-18-20-8-3-4-9-21(20)25/h3-6,8-12,14,16,26H,2,7,13,15,17-18H2,1H3. The fourth-order valence-corrected chi connectivity index (χ4v) is 3.05. The van der Waals surface area contributed by atoms with E-state index < -0.39 is 0 Å². The van der Waals surface area contributed by atoms with Crippen molar-refractivity contribution in [3.63, 3.8) is 0 Å². The zero-order valence-corrected chi connectivity index (χ0v) is 17.9. The lowest BCUT2D eigenvalue weighted by molar-refractivity contribution is 0.269. The summed E-state index contributed by atoms with van der Waals surface area (Å²) in [6.45, 7) is 5.15. The van der Waals surface area contributed by atoms with Gasteiger partial charge in [0.2, 0.25) is 5.88 Å². The highest BCUT2D eigenvalue weighted by Crippen LogP contribution is 2.30. The molecule has 158 valence electrons. The Bertz CT molecular complexity index is 906. The Morgan fingerprint density at radius 1 is 0.933 bits per heavy atom.